The number of rotatable bonds is 0. The van der Waals surface area contributed by atoms with E-state index in [-0.39, 0.29) is 5.63 Å². The Morgan fingerprint density at radius 1 is 1.50 bits per heavy atom. The van der Waals surface area contributed by atoms with Gasteiger partial charge in [-0.15, -0.1) is 0 Å². The van der Waals surface area contributed by atoms with Gasteiger partial charge in [0.25, 0.3) is 0 Å². The van der Waals surface area contributed by atoms with Gasteiger partial charge >= 0.3 is 5.63 Å². The molecule has 2 rings (SSSR count). The molecule has 0 aliphatic rings. The summed E-state index contributed by atoms with van der Waals surface area (Å²) in [5.74, 6) is 0. The number of fused-ring (bicyclic) bond motifs is 1. The van der Waals surface area contributed by atoms with Crippen LogP contribution in [0, 0.1) is 6.07 Å². The van der Waals surface area contributed by atoms with E-state index in [0.717, 1.165) is 5.39 Å². The van der Waals surface area contributed by atoms with Crippen LogP contribution >= 0.6 is 15.9 Å². The molecule has 1 aromatic carbocycles. The van der Waals surface area contributed by atoms with Crippen molar-refractivity contribution in [3.05, 3.63) is 45.2 Å². The highest BCUT2D eigenvalue weighted by Gasteiger charge is 1.99. The number of hydrogen-bond acceptors (Lipinski definition) is 2. The maximum atomic E-state index is 11.0. The van der Waals surface area contributed by atoms with E-state index in [1.807, 2.05) is 6.07 Å². The van der Waals surface area contributed by atoms with Crippen LogP contribution in [-0.4, -0.2) is 0 Å². The summed E-state index contributed by atoms with van der Waals surface area (Å²) in [7, 11) is 0. The molecule has 2 aromatic rings. The first-order valence-corrected chi connectivity index (χ1v) is 4.16. The monoisotopic (exact) mass is 223 g/mol. The fraction of sp³-hybridized carbons (Fsp3) is 0. The van der Waals surface area contributed by atoms with E-state index in [9.17, 15) is 4.79 Å². The fourth-order valence-electron chi connectivity index (χ4n) is 0.979. The molecule has 0 amide bonds. The number of halogens is 1. The first kappa shape index (κ1) is 7.55. The van der Waals surface area contributed by atoms with Gasteiger partial charge in [-0.05, 0) is 34.1 Å². The molecule has 2 nitrogen and oxygen atoms in total. The minimum atomic E-state index is -0.359. The summed E-state index contributed by atoms with van der Waals surface area (Å²) < 4.78 is 5.40. The summed E-state index contributed by atoms with van der Waals surface area (Å²) in [6.45, 7) is 0. The van der Waals surface area contributed by atoms with Gasteiger partial charge in [0.2, 0.25) is 0 Å². The summed E-state index contributed by atoms with van der Waals surface area (Å²) in [5.41, 5.74) is 0.202. The first-order chi connectivity index (χ1) is 5.77. The SMILES string of the molecule is O=c1oc2c[c]ccc2cc1Br. The van der Waals surface area contributed by atoms with Gasteiger partial charge in [-0.3, -0.25) is 0 Å². The Bertz CT molecular complexity index is 473. The molecule has 12 heavy (non-hydrogen) atoms. The molecule has 0 saturated carbocycles. The lowest BCUT2D eigenvalue weighted by atomic mass is 10.2. The summed E-state index contributed by atoms with van der Waals surface area (Å²) >= 11 is 3.10. The van der Waals surface area contributed by atoms with Crippen molar-refractivity contribution >= 4 is 26.9 Å². The van der Waals surface area contributed by atoms with Crippen LogP contribution in [0.15, 0.2) is 37.9 Å². The van der Waals surface area contributed by atoms with Crippen molar-refractivity contribution in [3.8, 4) is 0 Å². The van der Waals surface area contributed by atoms with E-state index < -0.39 is 0 Å². The van der Waals surface area contributed by atoms with Gasteiger partial charge in [0.05, 0.1) is 0 Å². The molecule has 0 atom stereocenters. The van der Waals surface area contributed by atoms with Crippen molar-refractivity contribution in [3.63, 3.8) is 0 Å². The summed E-state index contributed by atoms with van der Waals surface area (Å²) in [6, 6.07) is 9.82. The second-order valence-electron chi connectivity index (χ2n) is 2.35. The maximum absolute atomic E-state index is 11.0. The molecule has 0 bridgehead atoms. The zero-order valence-electron chi connectivity index (χ0n) is 6.00. The molecule has 1 aromatic heterocycles. The van der Waals surface area contributed by atoms with E-state index >= 15 is 0 Å². The topological polar surface area (TPSA) is 30.2 Å². The Kier molecular flexibility index (Phi) is 1.73. The standard InChI is InChI=1S/C9H4BrO2/c10-7-5-6-3-1-2-4-8(6)12-9(7)11/h1,3-5H. The zero-order valence-corrected chi connectivity index (χ0v) is 7.59. The molecule has 0 aliphatic heterocycles. The normalized spacial score (nSPS) is 10.4. The molecule has 0 saturated heterocycles. The van der Waals surface area contributed by atoms with E-state index in [4.69, 9.17) is 4.42 Å². The second-order valence-corrected chi connectivity index (χ2v) is 3.20. The zero-order chi connectivity index (χ0) is 8.55. The van der Waals surface area contributed by atoms with Crippen LogP contribution in [0.25, 0.3) is 11.0 Å². The lowest BCUT2D eigenvalue weighted by Gasteiger charge is -1.94. The van der Waals surface area contributed by atoms with Gasteiger partial charge in [-0.25, -0.2) is 4.79 Å². The van der Waals surface area contributed by atoms with Crippen molar-refractivity contribution in [2.75, 3.05) is 0 Å². The molecule has 3 heteroatoms. The highest BCUT2D eigenvalue weighted by atomic mass is 79.9. The van der Waals surface area contributed by atoms with Gasteiger partial charge in [0, 0.05) is 5.39 Å². The van der Waals surface area contributed by atoms with Gasteiger partial charge in [-0.1, -0.05) is 12.1 Å². The maximum Gasteiger partial charge on any atom is 0.350 e. The number of hydrogen-bond donors (Lipinski definition) is 0. The van der Waals surface area contributed by atoms with Crippen molar-refractivity contribution in [1.29, 1.82) is 0 Å². The van der Waals surface area contributed by atoms with Crippen LogP contribution in [0.2, 0.25) is 0 Å². The lowest BCUT2D eigenvalue weighted by molar-refractivity contribution is 0.556. The molecule has 0 fully saturated rings. The molecular formula is C9H4BrO2. The van der Waals surface area contributed by atoms with E-state index in [1.165, 1.54) is 0 Å². The van der Waals surface area contributed by atoms with Crippen molar-refractivity contribution in [1.82, 2.24) is 0 Å². The molecular weight excluding hydrogens is 220 g/mol. The third-order valence-electron chi connectivity index (χ3n) is 1.54. The molecule has 0 spiro atoms. The Balaban J connectivity index is 2.93. The Labute approximate surface area is 76.9 Å². The predicted molar refractivity (Wildman–Crippen MR) is 49.0 cm³/mol. The lowest BCUT2D eigenvalue weighted by Crippen LogP contribution is -1.97. The minimum absolute atomic E-state index is 0.359. The Morgan fingerprint density at radius 2 is 2.33 bits per heavy atom. The van der Waals surface area contributed by atoms with Crippen LogP contribution in [-0.2, 0) is 0 Å². The Hall–Kier alpha value is -1.09. The average Bonchev–Trinajstić information content (AvgIpc) is 2.07. The highest BCUT2D eigenvalue weighted by molar-refractivity contribution is 9.10. The molecule has 0 aliphatic carbocycles. The first-order valence-electron chi connectivity index (χ1n) is 3.37. The van der Waals surface area contributed by atoms with Crippen LogP contribution in [0.4, 0.5) is 0 Å². The van der Waals surface area contributed by atoms with Gasteiger partial charge in [0.1, 0.15) is 10.1 Å². The van der Waals surface area contributed by atoms with Gasteiger partial charge in [0.15, 0.2) is 0 Å². The van der Waals surface area contributed by atoms with Crippen LogP contribution in [0.5, 0.6) is 0 Å². The summed E-state index contributed by atoms with van der Waals surface area (Å²) in [5, 5.41) is 0.889. The van der Waals surface area contributed by atoms with Gasteiger partial charge in [-0.2, -0.15) is 0 Å². The van der Waals surface area contributed by atoms with E-state index in [2.05, 4.69) is 22.0 Å². The minimum Gasteiger partial charge on any atom is -0.422 e. The third-order valence-corrected chi connectivity index (χ3v) is 2.09. The molecule has 1 radical (unpaired) electrons. The van der Waals surface area contributed by atoms with Crippen LogP contribution in [0.3, 0.4) is 0 Å². The molecule has 0 unspecified atom stereocenters. The number of benzene rings is 1. The smallest absolute Gasteiger partial charge is 0.350 e. The van der Waals surface area contributed by atoms with E-state index in [1.54, 1.807) is 18.2 Å². The van der Waals surface area contributed by atoms with Crippen LogP contribution < -0.4 is 5.63 Å². The van der Waals surface area contributed by atoms with Crippen molar-refractivity contribution in [2.24, 2.45) is 0 Å². The Morgan fingerprint density at radius 3 is 3.17 bits per heavy atom. The van der Waals surface area contributed by atoms with Gasteiger partial charge < -0.3 is 4.42 Å². The molecule has 1 heterocycles. The average molecular weight is 224 g/mol. The van der Waals surface area contributed by atoms with Crippen LogP contribution in [0.1, 0.15) is 0 Å². The molecule has 59 valence electrons. The predicted octanol–water partition coefficient (Wildman–Crippen LogP) is 2.36. The second kappa shape index (κ2) is 2.75. The van der Waals surface area contributed by atoms with E-state index in [0.29, 0.717) is 10.1 Å². The van der Waals surface area contributed by atoms with Crippen molar-refractivity contribution < 1.29 is 4.42 Å². The highest BCUT2D eigenvalue weighted by Crippen LogP contribution is 2.14. The van der Waals surface area contributed by atoms with Crippen molar-refractivity contribution in [2.45, 2.75) is 0 Å². The fourth-order valence-corrected chi connectivity index (χ4v) is 1.31. The quantitative estimate of drug-likeness (QED) is 0.643. The summed E-state index contributed by atoms with van der Waals surface area (Å²) in [6.07, 6.45) is 0. The largest absolute Gasteiger partial charge is 0.422 e. The third kappa shape index (κ3) is 1.16. The summed E-state index contributed by atoms with van der Waals surface area (Å²) in [4.78, 5) is 11.0. The molecule has 0 N–H and O–H groups in total.